The van der Waals surface area contributed by atoms with Gasteiger partial charge in [0.05, 0.1) is 19.8 Å². The number of halogens is 2. The van der Waals surface area contributed by atoms with Crippen molar-refractivity contribution in [1.29, 1.82) is 0 Å². The standard InChI is InChI=1S/C16H20F2O4/c17-14-12(19)5-6-13(15(14)18)22-9-10-1-3-11(4-2-10)16-20-7-8-21-16/h5-6,10-11,16,19H,1-4,7-9H2. The van der Waals surface area contributed by atoms with Crippen molar-refractivity contribution in [3.8, 4) is 11.5 Å². The maximum absolute atomic E-state index is 13.6. The zero-order valence-corrected chi connectivity index (χ0v) is 12.3. The first-order valence-corrected chi connectivity index (χ1v) is 7.68. The second-order valence-electron chi connectivity index (χ2n) is 5.91. The first-order valence-electron chi connectivity index (χ1n) is 7.68. The molecule has 1 heterocycles. The lowest BCUT2D eigenvalue weighted by Gasteiger charge is -2.30. The molecule has 0 unspecified atom stereocenters. The maximum Gasteiger partial charge on any atom is 0.204 e. The fraction of sp³-hybridized carbons (Fsp3) is 0.625. The molecule has 22 heavy (non-hydrogen) atoms. The number of aromatic hydroxyl groups is 1. The molecule has 0 atom stereocenters. The molecule has 1 aliphatic heterocycles. The molecule has 0 bridgehead atoms. The Labute approximate surface area is 128 Å². The molecule has 0 spiro atoms. The number of rotatable bonds is 4. The van der Waals surface area contributed by atoms with Crippen LogP contribution in [0.1, 0.15) is 25.7 Å². The molecule has 0 amide bonds. The summed E-state index contributed by atoms with van der Waals surface area (Å²) in [5.74, 6) is -2.53. The first kappa shape index (κ1) is 15.5. The minimum absolute atomic E-state index is 0.0782. The van der Waals surface area contributed by atoms with Gasteiger partial charge in [-0.05, 0) is 43.7 Å². The Morgan fingerprint density at radius 1 is 1.05 bits per heavy atom. The summed E-state index contributed by atoms with van der Waals surface area (Å²) in [7, 11) is 0. The van der Waals surface area contributed by atoms with Crippen LogP contribution in [0.2, 0.25) is 0 Å². The number of phenolic OH excluding ortho intramolecular Hbond substituents is 1. The Hall–Kier alpha value is -1.40. The van der Waals surface area contributed by atoms with Gasteiger partial charge in [0.2, 0.25) is 11.6 Å². The molecule has 1 saturated carbocycles. The van der Waals surface area contributed by atoms with E-state index in [0.717, 1.165) is 31.7 Å². The summed E-state index contributed by atoms with van der Waals surface area (Å²) < 4.78 is 43.3. The third kappa shape index (κ3) is 3.33. The molecular weight excluding hydrogens is 294 g/mol. The van der Waals surface area contributed by atoms with Crippen LogP contribution in [0.3, 0.4) is 0 Å². The summed E-state index contributed by atoms with van der Waals surface area (Å²) in [5.41, 5.74) is 0. The van der Waals surface area contributed by atoms with Gasteiger partial charge in [-0.2, -0.15) is 8.78 Å². The molecule has 0 radical (unpaired) electrons. The average Bonchev–Trinajstić information content (AvgIpc) is 3.07. The van der Waals surface area contributed by atoms with E-state index < -0.39 is 17.4 Å². The van der Waals surface area contributed by atoms with Crippen LogP contribution in [0.15, 0.2) is 12.1 Å². The van der Waals surface area contributed by atoms with E-state index >= 15 is 0 Å². The Balaban J connectivity index is 1.48. The van der Waals surface area contributed by atoms with Gasteiger partial charge in [0.1, 0.15) is 0 Å². The smallest absolute Gasteiger partial charge is 0.204 e. The monoisotopic (exact) mass is 314 g/mol. The largest absolute Gasteiger partial charge is 0.505 e. The van der Waals surface area contributed by atoms with Crippen molar-refractivity contribution < 1.29 is 28.1 Å². The van der Waals surface area contributed by atoms with Gasteiger partial charge in [0.25, 0.3) is 0 Å². The number of phenols is 1. The maximum atomic E-state index is 13.6. The van der Waals surface area contributed by atoms with E-state index in [9.17, 15) is 8.78 Å². The quantitative estimate of drug-likeness (QED) is 0.927. The van der Waals surface area contributed by atoms with Gasteiger partial charge >= 0.3 is 0 Å². The van der Waals surface area contributed by atoms with Crippen molar-refractivity contribution in [2.45, 2.75) is 32.0 Å². The van der Waals surface area contributed by atoms with Gasteiger partial charge in [-0.1, -0.05) is 0 Å². The van der Waals surface area contributed by atoms with Crippen LogP contribution in [0.25, 0.3) is 0 Å². The van der Waals surface area contributed by atoms with Crippen LogP contribution < -0.4 is 4.74 Å². The fourth-order valence-corrected chi connectivity index (χ4v) is 3.12. The molecule has 3 rings (SSSR count). The van der Waals surface area contributed by atoms with Crippen molar-refractivity contribution in [3.05, 3.63) is 23.8 Å². The Kier molecular flexibility index (Phi) is 4.78. The molecule has 1 aromatic rings. The number of hydrogen-bond donors (Lipinski definition) is 1. The summed E-state index contributed by atoms with van der Waals surface area (Å²) in [5, 5.41) is 9.08. The van der Waals surface area contributed by atoms with Gasteiger partial charge in [-0.15, -0.1) is 0 Å². The summed E-state index contributed by atoms with van der Waals surface area (Å²) in [6.45, 7) is 1.68. The van der Waals surface area contributed by atoms with E-state index in [2.05, 4.69) is 0 Å². The molecule has 122 valence electrons. The fourth-order valence-electron chi connectivity index (χ4n) is 3.12. The van der Waals surface area contributed by atoms with Gasteiger partial charge in [0, 0.05) is 5.92 Å². The van der Waals surface area contributed by atoms with E-state index in [4.69, 9.17) is 19.3 Å². The van der Waals surface area contributed by atoms with Crippen LogP contribution in [-0.2, 0) is 9.47 Å². The molecule has 1 aromatic carbocycles. The highest BCUT2D eigenvalue weighted by atomic mass is 19.2. The van der Waals surface area contributed by atoms with Gasteiger partial charge < -0.3 is 19.3 Å². The third-order valence-corrected chi connectivity index (χ3v) is 4.42. The lowest BCUT2D eigenvalue weighted by molar-refractivity contribution is -0.0960. The molecule has 2 aliphatic rings. The average molecular weight is 314 g/mol. The highest BCUT2D eigenvalue weighted by Gasteiger charge is 2.31. The minimum Gasteiger partial charge on any atom is -0.505 e. The van der Waals surface area contributed by atoms with E-state index in [1.54, 1.807) is 0 Å². The molecule has 6 heteroatoms. The first-order chi connectivity index (χ1) is 10.6. The van der Waals surface area contributed by atoms with Gasteiger partial charge in [0.15, 0.2) is 17.8 Å². The second-order valence-corrected chi connectivity index (χ2v) is 5.91. The van der Waals surface area contributed by atoms with Crippen LogP contribution in [-0.4, -0.2) is 31.2 Å². The molecule has 0 aromatic heterocycles. The third-order valence-electron chi connectivity index (χ3n) is 4.42. The van der Waals surface area contributed by atoms with Gasteiger partial charge in [-0.3, -0.25) is 0 Å². The second kappa shape index (κ2) is 6.79. The molecular formula is C16H20F2O4. The van der Waals surface area contributed by atoms with E-state index in [1.165, 1.54) is 6.07 Å². The topological polar surface area (TPSA) is 47.9 Å². The predicted molar refractivity (Wildman–Crippen MR) is 74.7 cm³/mol. The van der Waals surface area contributed by atoms with Crippen LogP contribution in [0.5, 0.6) is 11.5 Å². The van der Waals surface area contributed by atoms with E-state index in [1.807, 2.05) is 0 Å². The number of benzene rings is 1. The highest BCUT2D eigenvalue weighted by molar-refractivity contribution is 5.33. The Bertz CT molecular complexity index is 509. The van der Waals surface area contributed by atoms with Crippen molar-refractivity contribution in [2.24, 2.45) is 11.8 Å². The van der Waals surface area contributed by atoms with Gasteiger partial charge in [-0.25, -0.2) is 0 Å². The lowest BCUT2D eigenvalue weighted by Crippen LogP contribution is -2.28. The van der Waals surface area contributed by atoms with Crippen LogP contribution >= 0.6 is 0 Å². The minimum atomic E-state index is -1.27. The van der Waals surface area contributed by atoms with Crippen molar-refractivity contribution in [1.82, 2.24) is 0 Å². The summed E-state index contributed by atoms with van der Waals surface area (Å²) in [6, 6.07) is 2.35. The van der Waals surface area contributed by atoms with Crippen molar-refractivity contribution in [3.63, 3.8) is 0 Å². The molecule has 1 N–H and O–H groups in total. The van der Waals surface area contributed by atoms with Crippen molar-refractivity contribution >= 4 is 0 Å². The normalized spacial score (nSPS) is 26.3. The molecule has 4 nitrogen and oxygen atoms in total. The number of hydrogen-bond acceptors (Lipinski definition) is 4. The summed E-state index contributed by atoms with van der Waals surface area (Å²) in [6.07, 6.45) is 3.81. The SMILES string of the molecule is Oc1ccc(OCC2CCC(C3OCCO3)CC2)c(F)c1F. The zero-order chi connectivity index (χ0) is 15.5. The molecule has 1 aliphatic carbocycles. The number of ether oxygens (including phenoxy) is 3. The lowest BCUT2D eigenvalue weighted by atomic mass is 9.82. The zero-order valence-electron chi connectivity index (χ0n) is 12.3. The Morgan fingerprint density at radius 3 is 2.41 bits per heavy atom. The van der Waals surface area contributed by atoms with Crippen molar-refractivity contribution in [2.75, 3.05) is 19.8 Å². The van der Waals surface area contributed by atoms with E-state index in [-0.39, 0.29) is 12.0 Å². The van der Waals surface area contributed by atoms with E-state index in [0.29, 0.717) is 31.7 Å². The Morgan fingerprint density at radius 2 is 1.73 bits per heavy atom. The molecule has 2 fully saturated rings. The predicted octanol–water partition coefficient (Wildman–Crippen LogP) is 3.23. The highest BCUT2D eigenvalue weighted by Crippen LogP contribution is 2.34. The van der Waals surface area contributed by atoms with Crippen LogP contribution in [0.4, 0.5) is 8.78 Å². The van der Waals surface area contributed by atoms with Crippen LogP contribution in [0, 0.1) is 23.5 Å². The molecule has 1 saturated heterocycles. The summed E-state index contributed by atoms with van der Waals surface area (Å²) in [4.78, 5) is 0. The summed E-state index contributed by atoms with van der Waals surface area (Å²) >= 11 is 0.